The molecule has 0 saturated carbocycles. The van der Waals surface area contributed by atoms with Crippen LogP contribution in [-0.4, -0.2) is 22.7 Å². The molecule has 4 nitrogen and oxygen atoms in total. The summed E-state index contributed by atoms with van der Waals surface area (Å²) in [5.41, 5.74) is 0.916. The molecule has 0 heterocycles. The van der Waals surface area contributed by atoms with Crippen LogP contribution in [0.5, 0.6) is 5.75 Å². The van der Waals surface area contributed by atoms with Gasteiger partial charge in [-0.25, -0.2) is 4.79 Å². The van der Waals surface area contributed by atoms with E-state index in [0.717, 1.165) is 17.4 Å². The zero-order valence-electron chi connectivity index (χ0n) is 12.1. The van der Waals surface area contributed by atoms with Crippen LogP contribution in [-0.2, 0) is 0 Å². The maximum Gasteiger partial charge on any atom is 0.372 e. The fourth-order valence-corrected chi connectivity index (χ4v) is 2.50. The van der Waals surface area contributed by atoms with Crippen molar-refractivity contribution in [3.8, 4) is 5.75 Å². The predicted octanol–water partition coefficient (Wildman–Crippen LogP) is 4.56. The number of thiocarbonyl (C=S) groups is 1. The largest absolute Gasteiger partial charge is 0.418 e. The molecule has 2 aromatic carbocycles. The maximum absolute atomic E-state index is 11.7. The van der Waals surface area contributed by atoms with Crippen molar-refractivity contribution in [2.45, 2.75) is 0 Å². The van der Waals surface area contributed by atoms with E-state index in [0.29, 0.717) is 28.2 Å². The van der Waals surface area contributed by atoms with E-state index in [9.17, 15) is 4.79 Å². The van der Waals surface area contributed by atoms with Crippen molar-refractivity contribution in [2.75, 3.05) is 17.6 Å². The molecule has 0 aliphatic rings. The summed E-state index contributed by atoms with van der Waals surface area (Å²) in [5.74, 6) is 1.02. The van der Waals surface area contributed by atoms with Gasteiger partial charge in [-0.2, -0.15) is 0 Å². The van der Waals surface area contributed by atoms with E-state index in [1.165, 1.54) is 0 Å². The molecule has 0 fully saturated rings. The first-order valence-electron chi connectivity index (χ1n) is 6.83. The SMILES string of the molecule is O=C(Oc1ccc(Cl)cc1)SCCNC(=S)Nc1ccccc1. The first kappa shape index (κ1) is 17.6. The number of halogens is 1. The van der Waals surface area contributed by atoms with Crippen LogP contribution >= 0.6 is 35.6 Å². The molecule has 0 bridgehead atoms. The third-order valence-electron chi connectivity index (χ3n) is 2.65. The Morgan fingerprint density at radius 2 is 1.83 bits per heavy atom. The summed E-state index contributed by atoms with van der Waals surface area (Å²) < 4.78 is 5.16. The number of benzene rings is 2. The summed E-state index contributed by atoms with van der Waals surface area (Å²) in [6, 6.07) is 16.3. The van der Waals surface area contributed by atoms with Crippen molar-refractivity contribution in [1.29, 1.82) is 0 Å². The highest BCUT2D eigenvalue weighted by molar-refractivity contribution is 8.13. The molecule has 120 valence electrons. The van der Waals surface area contributed by atoms with Gasteiger partial charge in [0.2, 0.25) is 0 Å². The third-order valence-corrected chi connectivity index (χ3v) is 3.88. The second-order valence-electron chi connectivity index (χ2n) is 4.40. The summed E-state index contributed by atoms with van der Waals surface area (Å²) in [7, 11) is 0. The van der Waals surface area contributed by atoms with E-state index in [2.05, 4.69) is 10.6 Å². The van der Waals surface area contributed by atoms with E-state index < -0.39 is 0 Å². The molecular weight excluding hydrogens is 352 g/mol. The first-order chi connectivity index (χ1) is 11.1. The summed E-state index contributed by atoms with van der Waals surface area (Å²) >= 11 is 12.0. The molecule has 0 radical (unpaired) electrons. The number of thioether (sulfide) groups is 1. The number of nitrogens with one attached hydrogen (secondary N) is 2. The van der Waals surface area contributed by atoms with Crippen LogP contribution in [0.25, 0.3) is 0 Å². The van der Waals surface area contributed by atoms with Crippen LogP contribution < -0.4 is 15.4 Å². The van der Waals surface area contributed by atoms with Crippen LogP contribution in [0.15, 0.2) is 54.6 Å². The molecule has 7 heteroatoms. The van der Waals surface area contributed by atoms with Gasteiger partial charge in [0.25, 0.3) is 0 Å². The quantitative estimate of drug-likeness (QED) is 0.459. The average Bonchev–Trinajstić information content (AvgIpc) is 2.55. The molecule has 2 N–H and O–H groups in total. The molecule has 2 aromatic rings. The minimum Gasteiger partial charge on any atom is -0.418 e. The van der Waals surface area contributed by atoms with E-state index >= 15 is 0 Å². The normalized spacial score (nSPS) is 9.96. The van der Waals surface area contributed by atoms with Crippen molar-refractivity contribution in [2.24, 2.45) is 0 Å². The second-order valence-corrected chi connectivity index (χ2v) is 6.28. The number of ether oxygens (including phenoxy) is 1. The Balaban J connectivity index is 1.62. The first-order valence-corrected chi connectivity index (χ1v) is 8.61. The number of para-hydroxylation sites is 1. The van der Waals surface area contributed by atoms with Crippen molar-refractivity contribution in [3.63, 3.8) is 0 Å². The van der Waals surface area contributed by atoms with Gasteiger partial charge in [-0.1, -0.05) is 29.8 Å². The Labute approximate surface area is 149 Å². The van der Waals surface area contributed by atoms with Gasteiger partial charge in [-0.05, 0) is 60.4 Å². The molecule has 0 aromatic heterocycles. The van der Waals surface area contributed by atoms with Gasteiger partial charge < -0.3 is 15.4 Å². The molecule has 0 aliphatic heterocycles. The molecule has 2 rings (SSSR count). The van der Waals surface area contributed by atoms with Crippen LogP contribution in [0.2, 0.25) is 5.02 Å². The number of anilines is 1. The monoisotopic (exact) mass is 366 g/mol. The maximum atomic E-state index is 11.7. The zero-order valence-corrected chi connectivity index (χ0v) is 14.5. The van der Waals surface area contributed by atoms with Gasteiger partial charge in [-0.3, -0.25) is 0 Å². The molecule has 23 heavy (non-hydrogen) atoms. The molecule has 0 unspecified atom stereocenters. The molecule has 0 amide bonds. The van der Waals surface area contributed by atoms with Gasteiger partial charge in [0.05, 0.1) is 0 Å². The fraction of sp³-hybridized carbons (Fsp3) is 0.125. The summed E-state index contributed by atoms with van der Waals surface area (Å²) in [5, 5.41) is 6.84. The third kappa shape index (κ3) is 6.90. The molecule has 0 spiro atoms. The summed E-state index contributed by atoms with van der Waals surface area (Å²) in [6.07, 6.45) is 0. The Morgan fingerprint density at radius 1 is 1.13 bits per heavy atom. The van der Waals surface area contributed by atoms with E-state index in [1.807, 2.05) is 30.3 Å². The standard InChI is InChI=1S/C16H15ClN2O2S2/c17-12-6-8-14(9-7-12)21-16(20)23-11-10-18-15(22)19-13-4-2-1-3-5-13/h1-9H,10-11H2,(H2,18,19,22). The average molecular weight is 367 g/mol. The van der Waals surface area contributed by atoms with Crippen LogP contribution in [0, 0.1) is 0 Å². The molecule has 0 atom stereocenters. The minimum atomic E-state index is -0.365. The number of hydrogen-bond donors (Lipinski definition) is 2. The number of carbonyl (C=O) groups excluding carboxylic acids is 1. The van der Waals surface area contributed by atoms with Gasteiger partial charge in [0.15, 0.2) is 5.11 Å². The van der Waals surface area contributed by atoms with Crippen molar-refractivity contribution in [3.05, 3.63) is 59.6 Å². The lowest BCUT2D eigenvalue weighted by molar-refractivity contribution is 0.227. The van der Waals surface area contributed by atoms with Gasteiger partial charge in [-0.15, -0.1) is 0 Å². The Kier molecular flexibility index (Phi) is 7.19. The minimum absolute atomic E-state index is 0.365. The lowest BCUT2D eigenvalue weighted by atomic mass is 10.3. The lowest BCUT2D eigenvalue weighted by Crippen LogP contribution is -2.30. The number of rotatable bonds is 5. The van der Waals surface area contributed by atoms with Crippen molar-refractivity contribution in [1.82, 2.24) is 5.32 Å². The Morgan fingerprint density at radius 3 is 2.52 bits per heavy atom. The van der Waals surface area contributed by atoms with Crippen molar-refractivity contribution < 1.29 is 9.53 Å². The fourth-order valence-electron chi connectivity index (χ4n) is 1.62. The van der Waals surface area contributed by atoms with E-state index in [4.69, 9.17) is 28.6 Å². The molecular formula is C16H15ClN2O2S2. The predicted molar refractivity (Wildman–Crippen MR) is 101 cm³/mol. The highest BCUT2D eigenvalue weighted by atomic mass is 35.5. The van der Waals surface area contributed by atoms with Crippen LogP contribution in [0.1, 0.15) is 0 Å². The van der Waals surface area contributed by atoms with E-state index in [1.54, 1.807) is 24.3 Å². The van der Waals surface area contributed by atoms with Crippen LogP contribution in [0.3, 0.4) is 0 Å². The summed E-state index contributed by atoms with van der Waals surface area (Å²) in [4.78, 5) is 11.7. The van der Waals surface area contributed by atoms with Gasteiger partial charge in [0.1, 0.15) is 5.75 Å². The highest BCUT2D eigenvalue weighted by Crippen LogP contribution is 2.18. The second kappa shape index (κ2) is 9.39. The number of hydrogen-bond acceptors (Lipinski definition) is 4. The Bertz CT molecular complexity index is 651. The smallest absolute Gasteiger partial charge is 0.372 e. The van der Waals surface area contributed by atoms with E-state index in [-0.39, 0.29) is 5.30 Å². The lowest BCUT2D eigenvalue weighted by Gasteiger charge is -2.10. The topological polar surface area (TPSA) is 50.4 Å². The Hall–Kier alpha value is -1.76. The molecule has 0 saturated heterocycles. The zero-order chi connectivity index (χ0) is 16.5. The number of carbonyl (C=O) groups is 1. The summed E-state index contributed by atoms with van der Waals surface area (Å²) in [6.45, 7) is 0.555. The van der Waals surface area contributed by atoms with Gasteiger partial charge >= 0.3 is 5.30 Å². The molecule has 0 aliphatic carbocycles. The van der Waals surface area contributed by atoms with Crippen LogP contribution in [0.4, 0.5) is 10.5 Å². The van der Waals surface area contributed by atoms with Crippen molar-refractivity contribution >= 4 is 51.7 Å². The van der Waals surface area contributed by atoms with Gasteiger partial charge in [0, 0.05) is 23.0 Å². The highest BCUT2D eigenvalue weighted by Gasteiger charge is 2.05.